The van der Waals surface area contributed by atoms with Crippen LogP contribution in [0, 0.1) is 0 Å². The summed E-state index contributed by atoms with van der Waals surface area (Å²) in [6, 6.07) is 15.4. The molecule has 2 saturated heterocycles. The molecule has 4 rings (SSSR count). The van der Waals surface area contributed by atoms with Crippen LogP contribution in [0.4, 0.5) is 10.5 Å². The van der Waals surface area contributed by atoms with Gasteiger partial charge < -0.3 is 20.0 Å². The monoisotopic (exact) mass is 472 g/mol. The molecule has 0 aliphatic carbocycles. The number of urea groups is 1. The van der Waals surface area contributed by atoms with Crippen molar-refractivity contribution in [1.82, 2.24) is 14.7 Å². The maximum atomic E-state index is 13.3. The van der Waals surface area contributed by atoms with E-state index in [-0.39, 0.29) is 17.8 Å². The minimum absolute atomic E-state index is 0.0424. The van der Waals surface area contributed by atoms with Gasteiger partial charge in [0, 0.05) is 48.2 Å². The quantitative estimate of drug-likeness (QED) is 0.740. The van der Waals surface area contributed by atoms with E-state index in [2.05, 4.69) is 5.32 Å². The van der Waals surface area contributed by atoms with E-state index in [1.165, 1.54) is 0 Å². The predicted octanol–water partition coefficient (Wildman–Crippen LogP) is 3.62. The van der Waals surface area contributed by atoms with Gasteiger partial charge in [0.25, 0.3) is 5.91 Å². The minimum atomic E-state index is -0.470. The first-order valence-corrected chi connectivity index (χ1v) is 12.1. The number of thioether (sulfide) groups is 1. The van der Waals surface area contributed by atoms with Crippen LogP contribution in [-0.2, 0) is 4.79 Å². The Balaban J connectivity index is 1.36. The van der Waals surface area contributed by atoms with Crippen molar-refractivity contribution in [3.05, 3.63) is 65.2 Å². The molecule has 0 bridgehead atoms. The van der Waals surface area contributed by atoms with Crippen molar-refractivity contribution in [2.45, 2.75) is 12.5 Å². The third-order valence-corrected chi connectivity index (χ3v) is 6.90. The standard InChI is InChI=1S/C23H25ClN4O3S/c24-18-7-9-19(10-8-18)25-23(31)27-12-4-11-26(13-14-27)22(30)20-15-32-16-28(20)21(29)17-5-2-1-3-6-17/h1-3,5-10,20H,4,11-16H2,(H,25,31)/t20-/m1/s1. The second-order valence-corrected chi connectivity index (χ2v) is 9.20. The van der Waals surface area contributed by atoms with Gasteiger partial charge in [0.05, 0.1) is 5.88 Å². The highest BCUT2D eigenvalue weighted by atomic mass is 35.5. The number of anilines is 1. The smallest absolute Gasteiger partial charge is 0.321 e. The fourth-order valence-corrected chi connectivity index (χ4v) is 5.15. The first kappa shape index (κ1) is 22.5. The summed E-state index contributed by atoms with van der Waals surface area (Å²) in [5, 5.41) is 3.48. The average Bonchev–Trinajstić information content (AvgIpc) is 3.17. The Morgan fingerprint density at radius 1 is 0.906 bits per heavy atom. The number of nitrogens with one attached hydrogen (secondary N) is 1. The number of hydrogen-bond donors (Lipinski definition) is 1. The second kappa shape index (κ2) is 10.3. The normalized spacial score (nSPS) is 18.9. The van der Waals surface area contributed by atoms with Crippen molar-refractivity contribution in [1.29, 1.82) is 0 Å². The molecule has 4 amide bonds. The zero-order valence-corrected chi connectivity index (χ0v) is 19.1. The molecule has 0 spiro atoms. The van der Waals surface area contributed by atoms with Crippen molar-refractivity contribution >= 4 is 46.9 Å². The van der Waals surface area contributed by atoms with E-state index in [0.29, 0.717) is 60.5 Å². The topological polar surface area (TPSA) is 73.0 Å². The molecule has 32 heavy (non-hydrogen) atoms. The summed E-state index contributed by atoms with van der Waals surface area (Å²) in [5.41, 5.74) is 1.27. The number of carbonyl (C=O) groups is 3. The van der Waals surface area contributed by atoms with E-state index in [0.717, 1.165) is 0 Å². The van der Waals surface area contributed by atoms with Crippen LogP contribution in [0.15, 0.2) is 54.6 Å². The second-order valence-electron chi connectivity index (χ2n) is 7.76. The van der Waals surface area contributed by atoms with Crippen LogP contribution < -0.4 is 5.32 Å². The Kier molecular flexibility index (Phi) is 7.22. The molecule has 2 aromatic carbocycles. The van der Waals surface area contributed by atoms with Crippen molar-refractivity contribution in [3.8, 4) is 0 Å². The number of hydrogen-bond acceptors (Lipinski definition) is 4. The summed E-state index contributed by atoms with van der Waals surface area (Å²) in [4.78, 5) is 44.0. The largest absolute Gasteiger partial charge is 0.339 e. The van der Waals surface area contributed by atoms with Crippen LogP contribution in [0.5, 0.6) is 0 Å². The first-order valence-electron chi connectivity index (χ1n) is 10.6. The number of benzene rings is 2. The Hall–Kier alpha value is -2.71. The maximum Gasteiger partial charge on any atom is 0.321 e. The third kappa shape index (κ3) is 5.19. The lowest BCUT2D eigenvalue weighted by Gasteiger charge is -2.29. The zero-order chi connectivity index (χ0) is 22.5. The molecule has 0 radical (unpaired) electrons. The van der Waals surface area contributed by atoms with Gasteiger partial charge >= 0.3 is 6.03 Å². The van der Waals surface area contributed by atoms with Gasteiger partial charge in [0.2, 0.25) is 5.91 Å². The SMILES string of the molecule is O=C(Nc1ccc(Cl)cc1)N1CCCN(C(=O)[C@H]2CSCN2C(=O)c2ccccc2)CC1. The van der Waals surface area contributed by atoms with E-state index in [1.807, 2.05) is 18.2 Å². The summed E-state index contributed by atoms with van der Waals surface area (Å²) in [6.45, 7) is 2.02. The molecule has 2 fully saturated rings. The summed E-state index contributed by atoms with van der Waals surface area (Å²) < 4.78 is 0. The van der Waals surface area contributed by atoms with Gasteiger partial charge in [-0.15, -0.1) is 11.8 Å². The van der Waals surface area contributed by atoms with Crippen LogP contribution in [0.25, 0.3) is 0 Å². The lowest BCUT2D eigenvalue weighted by molar-refractivity contribution is -0.134. The van der Waals surface area contributed by atoms with Gasteiger partial charge in [-0.25, -0.2) is 4.79 Å². The van der Waals surface area contributed by atoms with Crippen molar-refractivity contribution in [2.75, 3.05) is 43.1 Å². The summed E-state index contributed by atoms with van der Waals surface area (Å²) >= 11 is 7.49. The Labute approximate surface area is 196 Å². The van der Waals surface area contributed by atoms with Gasteiger partial charge in [-0.1, -0.05) is 29.8 Å². The maximum absolute atomic E-state index is 13.3. The molecular weight excluding hydrogens is 448 g/mol. The Bertz CT molecular complexity index is 973. The highest BCUT2D eigenvalue weighted by molar-refractivity contribution is 7.99. The molecule has 2 aromatic rings. The molecular formula is C23H25ClN4O3S. The third-order valence-electron chi connectivity index (χ3n) is 5.64. The molecule has 0 saturated carbocycles. The molecule has 2 heterocycles. The zero-order valence-electron chi connectivity index (χ0n) is 17.6. The summed E-state index contributed by atoms with van der Waals surface area (Å²) in [6.07, 6.45) is 0.687. The minimum Gasteiger partial charge on any atom is -0.339 e. The number of amides is 4. The molecule has 9 heteroatoms. The molecule has 2 aliphatic rings. The lowest BCUT2D eigenvalue weighted by Crippen LogP contribution is -2.50. The fourth-order valence-electron chi connectivity index (χ4n) is 3.88. The van der Waals surface area contributed by atoms with Gasteiger partial charge in [0.15, 0.2) is 0 Å². The van der Waals surface area contributed by atoms with Gasteiger partial charge in [0.1, 0.15) is 6.04 Å². The van der Waals surface area contributed by atoms with Crippen LogP contribution >= 0.6 is 23.4 Å². The average molecular weight is 473 g/mol. The number of halogens is 1. The van der Waals surface area contributed by atoms with Gasteiger partial charge in [-0.2, -0.15) is 0 Å². The van der Waals surface area contributed by atoms with Crippen LogP contribution in [0.3, 0.4) is 0 Å². The highest BCUT2D eigenvalue weighted by Gasteiger charge is 2.38. The number of rotatable bonds is 3. The van der Waals surface area contributed by atoms with Gasteiger partial charge in [-0.3, -0.25) is 9.59 Å². The molecule has 7 nitrogen and oxygen atoms in total. The van der Waals surface area contributed by atoms with Crippen molar-refractivity contribution in [2.24, 2.45) is 0 Å². The molecule has 1 N–H and O–H groups in total. The van der Waals surface area contributed by atoms with Crippen molar-refractivity contribution < 1.29 is 14.4 Å². The lowest BCUT2D eigenvalue weighted by atomic mass is 10.1. The molecule has 168 valence electrons. The molecule has 0 unspecified atom stereocenters. The van der Waals surface area contributed by atoms with Crippen molar-refractivity contribution in [3.63, 3.8) is 0 Å². The Morgan fingerprint density at radius 2 is 1.59 bits per heavy atom. The van der Waals surface area contributed by atoms with E-state index in [1.54, 1.807) is 62.9 Å². The van der Waals surface area contributed by atoms with Crippen LogP contribution in [0.1, 0.15) is 16.8 Å². The number of carbonyl (C=O) groups excluding carboxylic acids is 3. The highest BCUT2D eigenvalue weighted by Crippen LogP contribution is 2.25. The van der Waals surface area contributed by atoms with Crippen LogP contribution in [0.2, 0.25) is 5.02 Å². The predicted molar refractivity (Wildman–Crippen MR) is 127 cm³/mol. The first-order chi connectivity index (χ1) is 15.5. The fraction of sp³-hybridized carbons (Fsp3) is 0.348. The molecule has 0 aromatic heterocycles. The van der Waals surface area contributed by atoms with E-state index < -0.39 is 6.04 Å². The van der Waals surface area contributed by atoms with E-state index in [4.69, 9.17) is 11.6 Å². The number of nitrogens with zero attached hydrogens (tertiary/aromatic N) is 3. The van der Waals surface area contributed by atoms with Gasteiger partial charge in [-0.05, 0) is 42.8 Å². The summed E-state index contributed by atoms with van der Waals surface area (Å²) in [7, 11) is 0. The molecule has 1 atom stereocenters. The van der Waals surface area contributed by atoms with Crippen LogP contribution in [-0.4, -0.2) is 76.4 Å². The van der Waals surface area contributed by atoms with E-state index in [9.17, 15) is 14.4 Å². The summed E-state index contributed by atoms with van der Waals surface area (Å²) in [5.74, 6) is 0.939. The molecule has 2 aliphatic heterocycles. The Morgan fingerprint density at radius 3 is 2.34 bits per heavy atom. The van der Waals surface area contributed by atoms with E-state index >= 15 is 0 Å².